The normalized spacial score (nSPS) is 11.2. The molecule has 0 aromatic heterocycles. The van der Waals surface area contributed by atoms with Crippen LogP contribution in [0.5, 0.6) is 0 Å². The van der Waals surface area contributed by atoms with Gasteiger partial charge in [-0.15, -0.1) is 0 Å². The molecule has 0 aliphatic carbocycles. The Balaban J connectivity index is 2.17. The van der Waals surface area contributed by atoms with E-state index in [9.17, 15) is 22.8 Å². The summed E-state index contributed by atoms with van der Waals surface area (Å²) in [7, 11) is 0. The number of hydrogen-bond donors (Lipinski definition) is 1. The van der Waals surface area contributed by atoms with E-state index in [1.54, 1.807) is 13.8 Å². The number of carbonyl (C=O) groups excluding carboxylic acids is 2. The molecule has 0 heterocycles. The third kappa shape index (κ3) is 4.71. The summed E-state index contributed by atoms with van der Waals surface area (Å²) in [6.45, 7) is 5.38. The molecule has 150 valence electrons. The van der Waals surface area contributed by atoms with Crippen molar-refractivity contribution in [2.45, 2.75) is 32.6 Å². The molecule has 2 rings (SSSR count). The van der Waals surface area contributed by atoms with E-state index in [1.807, 2.05) is 37.3 Å². The molecule has 0 saturated carbocycles. The van der Waals surface area contributed by atoms with Gasteiger partial charge < -0.3 is 10.2 Å². The Morgan fingerprint density at radius 3 is 2.25 bits per heavy atom. The summed E-state index contributed by atoms with van der Waals surface area (Å²) in [6.07, 6.45) is 0.615. The number of nitrogens with one attached hydrogen (secondary N) is 1. The Morgan fingerprint density at radius 2 is 1.64 bits per heavy atom. The third-order valence-corrected chi connectivity index (χ3v) is 4.45. The van der Waals surface area contributed by atoms with E-state index in [0.717, 1.165) is 17.7 Å². The lowest BCUT2D eigenvalue weighted by atomic mass is 9.83. The molecule has 2 amide bonds. The third-order valence-electron chi connectivity index (χ3n) is 4.45. The lowest BCUT2D eigenvalue weighted by Gasteiger charge is -2.32. The number of rotatable bonds is 7. The van der Waals surface area contributed by atoms with Gasteiger partial charge in [0.15, 0.2) is 17.5 Å². The highest BCUT2D eigenvalue weighted by molar-refractivity contribution is 5.96. The van der Waals surface area contributed by atoms with Gasteiger partial charge in [0.25, 0.3) is 0 Å². The first-order valence-corrected chi connectivity index (χ1v) is 8.96. The topological polar surface area (TPSA) is 49.4 Å². The average Bonchev–Trinajstić information content (AvgIpc) is 2.68. The van der Waals surface area contributed by atoms with Crippen LogP contribution in [0.25, 0.3) is 0 Å². The van der Waals surface area contributed by atoms with Crippen molar-refractivity contribution in [1.29, 1.82) is 0 Å². The summed E-state index contributed by atoms with van der Waals surface area (Å²) < 4.78 is 40.1. The van der Waals surface area contributed by atoms with Crippen LogP contribution in [0.3, 0.4) is 0 Å². The van der Waals surface area contributed by atoms with Crippen molar-refractivity contribution in [2.75, 3.05) is 18.4 Å². The van der Waals surface area contributed by atoms with Crippen molar-refractivity contribution in [3.05, 3.63) is 65.5 Å². The highest BCUT2D eigenvalue weighted by Crippen LogP contribution is 2.26. The molecular formula is C21H23F3N2O2. The van der Waals surface area contributed by atoms with Crippen LogP contribution < -0.4 is 5.32 Å². The van der Waals surface area contributed by atoms with Gasteiger partial charge in [-0.05, 0) is 38.0 Å². The van der Waals surface area contributed by atoms with Gasteiger partial charge in [-0.2, -0.15) is 0 Å². The van der Waals surface area contributed by atoms with E-state index in [4.69, 9.17) is 0 Å². The van der Waals surface area contributed by atoms with Crippen LogP contribution in [-0.2, 0) is 15.0 Å². The first kappa shape index (κ1) is 21.5. The molecule has 2 aromatic carbocycles. The predicted molar refractivity (Wildman–Crippen MR) is 101 cm³/mol. The Bertz CT molecular complexity index is 854. The Kier molecular flexibility index (Phi) is 6.83. The average molecular weight is 392 g/mol. The maximum atomic E-state index is 13.8. The fourth-order valence-electron chi connectivity index (χ4n) is 2.88. The van der Waals surface area contributed by atoms with E-state index >= 15 is 0 Å². The van der Waals surface area contributed by atoms with Gasteiger partial charge in [0.05, 0.1) is 17.6 Å². The SMILES string of the molecule is CCCN(CC(=O)Nc1ccc(F)c(F)c1F)C(=O)C(C)(C)c1ccccc1. The summed E-state index contributed by atoms with van der Waals surface area (Å²) in [6, 6.07) is 10.8. The van der Waals surface area contributed by atoms with Crippen LogP contribution in [0.15, 0.2) is 42.5 Å². The number of amides is 2. The van der Waals surface area contributed by atoms with Crippen molar-refractivity contribution in [1.82, 2.24) is 4.90 Å². The zero-order valence-electron chi connectivity index (χ0n) is 16.1. The number of anilines is 1. The molecule has 0 aliphatic heterocycles. The van der Waals surface area contributed by atoms with E-state index < -0.39 is 34.5 Å². The Morgan fingerprint density at radius 1 is 1.00 bits per heavy atom. The standard InChI is InChI=1S/C21H23F3N2O2/c1-4-12-26(20(28)21(2,3)14-8-6-5-7-9-14)13-17(27)25-16-11-10-15(22)18(23)19(16)24/h5-11H,4,12-13H2,1-3H3,(H,25,27). The largest absolute Gasteiger partial charge is 0.333 e. The van der Waals surface area contributed by atoms with E-state index in [2.05, 4.69) is 5.32 Å². The molecule has 0 bridgehead atoms. The molecule has 7 heteroatoms. The van der Waals surface area contributed by atoms with Crippen LogP contribution in [0.2, 0.25) is 0 Å². The van der Waals surface area contributed by atoms with Crippen LogP contribution in [0, 0.1) is 17.5 Å². The number of hydrogen-bond acceptors (Lipinski definition) is 2. The molecule has 0 radical (unpaired) electrons. The van der Waals surface area contributed by atoms with E-state index in [1.165, 1.54) is 4.90 Å². The lowest BCUT2D eigenvalue weighted by Crippen LogP contribution is -2.47. The highest BCUT2D eigenvalue weighted by Gasteiger charge is 2.34. The number of carbonyl (C=O) groups is 2. The first-order chi connectivity index (χ1) is 13.2. The molecule has 2 aromatic rings. The monoisotopic (exact) mass is 392 g/mol. The maximum Gasteiger partial charge on any atom is 0.244 e. The van der Waals surface area contributed by atoms with Crippen molar-refractivity contribution in [3.63, 3.8) is 0 Å². The zero-order chi connectivity index (χ0) is 20.9. The van der Waals surface area contributed by atoms with Crippen molar-refractivity contribution < 1.29 is 22.8 Å². The molecular weight excluding hydrogens is 369 g/mol. The van der Waals surface area contributed by atoms with Crippen LogP contribution in [0.4, 0.5) is 18.9 Å². The second kappa shape index (κ2) is 8.91. The van der Waals surface area contributed by atoms with Crippen LogP contribution in [0.1, 0.15) is 32.8 Å². The minimum atomic E-state index is -1.66. The molecule has 0 aliphatic rings. The molecule has 4 nitrogen and oxygen atoms in total. The fraction of sp³-hybridized carbons (Fsp3) is 0.333. The molecule has 0 unspecified atom stereocenters. The van der Waals surface area contributed by atoms with Crippen LogP contribution in [-0.4, -0.2) is 29.8 Å². The molecule has 28 heavy (non-hydrogen) atoms. The maximum absolute atomic E-state index is 13.8. The Hall–Kier alpha value is -2.83. The van der Waals surface area contributed by atoms with E-state index in [0.29, 0.717) is 13.0 Å². The summed E-state index contributed by atoms with van der Waals surface area (Å²) in [5, 5.41) is 2.20. The van der Waals surface area contributed by atoms with Gasteiger partial charge in [-0.3, -0.25) is 9.59 Å². The fourth-order valence-corrected chi connectivity index (χ4v) is 2.88. The highest BCUT2D eigenvalue weighted by atomic mass is 19.2. The van der Waals surface area contributed by atoms with Gasteiger partial charge in [0.2, 0.25) is 11.8 Å². The minimum absolute atomic E-state index is 0.263. The van der Waals surface area contributed by atoms with Gasteiger partial charge >= 0.3 is 0 Å². The van der Waals surface area contributed by atoms with Crippen molar-refractivity contribution in [2.24, 2.45) is 0 Å². The second-order valence-electron chi connectivity index (χ2n) is 6.99. The molecule has 0 atom stereocenters. The summed E-state index contributed by atoms with van der Waals surface area (Å²) in [5.41, 5.74) is -0.549. The summed E-state index contributed by atoms with van der Waals surface area (Å²) in [4.78, 5) is 26.8. The van der Waals surface area contributed by atoms with Gasteiger partial charge in [0.1, 0.15) is 0 Å². The second-order valence-corrected chi connectivity index (χ2v) is 6.99. The van der Waals surface area contributed by atoms with Gasteiger partial charge in [-0.1, -0.05) is 37.3 Å². The van der Waals surface area contributed by atoms with Crippen molar-refractivity contribution in [3.8, 4) is 0 Å². The molecule has 1 N–H and O–H groups in total. The zero-order valence-corrected chi connectivity index (χ0v) is 16.1. The number of benzene rings is 2. The number of halogens is 3. The van der Waals surface area contributed by atoms with Crippen LogP contribution >= 0.6 is 0 Å². The predicted octanol–water partition coefficient (Wildman–Crippen LogP) is 4.26. The van der Waals surface area contributed by atoms with Crippen molar-refractivity contribution >= 4 is 17.5 Å². The summed E-state index contributed by atoms with van der Waals surface area (Å²) >= 11 is 0. The molecule has 0 fully saturated rings. The summed E-state index contributed by atoms with van der Waals surface area (Å²) in [5.74, 6) is -5.45. The minimum Gasteiger partial charge on any atom is -0.333 e. The van der Waals surface area contributed by atoms with Gasteiger partial charge in [0, 0.05) is 6.54 Å². The lowest BCUT2D eigenvalue weighted by molar-refractivity contribution is -0.139. The van der Waals surface area contributed by atoms with E-state index in [-0.39, 0.29) is 12.5 Å². The smallest absolute Gasteiger partial charge is 0.244 e. The molecule has 0 spiro atoms. The van der Waals surface area contributed by atoms with Gasteiger partial charge in [-0.25, -0.2) is 13.2 Å². The first-order valence-electron chi connectivity index (χ1n) is 8.96. The molecule has 0 saturated heterocycles. The Labute approximate surface area is 162 Å². The quantitative estimate of drug-likeness (QED) is 0.716. The number of nitrogens with zero attached hydrogens (tertiary/aromatic N) is 1.